The van der Waals surface area contributed by atoms with Crippen molar-refractivity contribution in [1.29, 1.82) is 0 Å². The van der Waals surface area contributed by atoms with Gasteiger partial charge in [-0.05, 0) is 24.1 Å². The van der Waals surface area contributed by atoms with Crippen molar-refractivity contribution in [1.82, 2.24) is 0 Å². The predicted molar refractivity (Wildman–Crippen MR) is 53.8 cm³/mol. The topological polar surface area (TPSA) is 52.4 Å². The molecule has 0 spiro atoms. The first kappa shape index (κ1) is 12.1. The lowest BCUT2D eigenvalue weighted by Crippen LogP contribution is -2.03. The number of hydrogen-bond donors (Lipinski definition) is 0. The summed E-state index contributed by atoms with van der Waals surface area (Å²) in [5, 5.41) is 10.1. The van der Waals surface area contributed by atoms with Gasteiger partial charge in [0.25, 0.3) is 0 Å². The molecule has 0 fully saturated rings. The summed E-state index contributed by atoms with van der Waals surface area (Å²) in [5.41, 5.74) is 0.969. The van der Waals surface area contributed by atoms with Crippen molar-refractivity contribution in [3.8, 4) is 5.75 Å². The fraction of sp³-hybridized carbons (Fsp3) is 0.200. The highest BCUT2D eigenvalue weighted by molar-refractivity contribution is 5.52. The third kappa shape index (κ3) is 3.64. The van der Waals surface area contributed by atoms with Gasteiger partial charge in [-0.15, -0.1) is 0 Å². The summed E-state index contributed by atoms with van der Waals surface area (Å²) in [6, 6.07) is 4.45. The molecule has 0 saturated carbocycles. The molecule has 1 rings (SSSR count). The van der Waals surface area contributed by atoms with E-state index in [0.29, 0.717) is 11.1 Å². The van der Waals surface area contributed by atoms with Crippen LogP contribution >= 0.6 is 0 Å². The molecule has 0 bridgehead atoms. The Morgan fingerprint density at radius 3 is 2.75 bits per heavy atom. The molecule has 86 valence electrons. The molecule has 0 atom stereocenters. The van der Waals surface area contributed by atoms with Gasteiger partial charge >= 0.3 is 6.61 Å². The maximum Gasteiger partial charge on any atom is 0.387 e. The normalized spacial score (nSPS) is 11.0. The van der Waals surface area contributed by atoms with Crippen LogP contribution in [0.5, 0.6) is 5.75 Å². The lowest BCUT2D eigenvalue weighted by molar-refractivity contribution is -0.400. The SMILES string of the molecule is Cc1ccc(/C=C/[N+](=O)[O-])cc1OC(F)F. The van der Waals surface area contributed by atoms with Gasteiger partial charge in [-0.3, -0.25) is 10.1 Å². The number of hydrogen-bond acceptors (Lipinski definition) is 3. The van der Waals surface area contributed by atoms with Gasteiger partial charge in [-0.2, -0.15) is 8.78 Å². The number of nitro groups is 1. The maximum absolute atomic E-state index is 12.0. The number of rotatable bonds is 4. The van der Waals surface area contributed by atoms with Crippen molar-refractivity contribution < 1.29 is 18.4 Å². The minimum Gasteiger partial charge on any atom is -0.435 e. The molecule has 1 aromatic carbocycles. The van der Waals surface area contributed by atoms with E-state index in [4.69, 9.17) is 0 Å². The number of ether oxygens (including phenoxy) is 1. The van der Waals surface area contributed by atoms with E-state index in [1.54, 1.807) is 19.1 Å². The third-order valence-electron chi connectivity index (χ3n) is 1.82. The molecule has 4 nitrogen and oxygen atoms in total. The van der Waals surface area contributed by atoms with Crippen molar-refractivity contribution in [2.45, 2.75) is 13.5 Å². The van der Waals surface area contributed by atoms with Crippen LogP contribution in [-0.2, 0) is 0 Å². The van der Waals surface area contributed by atoms with Crippen LogP contribution in [0, 0.1) is 17.0 Å². The second kappa shape index (κ2) is 5.20. The van der Waals surface area contributed by atoms with Crippen LogP contribution in [0.3, 0.4) is 0 Å². The van der Waals surface area contributed by atoms with Crippen LogP contribution in [0.4, 0.5) is 8.78 Å². The van der Waals surface area contributed by atoms with Crippen molar-refractivity contribution >= 4 is 6.08 Å². The molecule has 0 aromatic heterocycles. The van der Waals surface area contributed by atoms with Gasteiger partial charge < -0.3 is 4.74 Å². The molecule has 0 aliphatic carbocycles. The Bertz CT molecular complexity index is 419. The molecule has 0 N–H and O–H groups in total. The minimum absolute atomic E-state index is 0.0143. The quantitative estimate of drug-likeness (QED) is 0.589. The van der Waals surface area contributed by atoms with E-state index in [1.165, 1.54) is 12.1 Å². The average Bonchev–Trinajstić information content (AvgIpc) is 2.18. The number of halogens is 2. The molecule has 0 radical (unpaired) electrons. The van der Waals surface area contributed by atoms with Gasteiger partial charge in [0.15, 0.2) is 0 Å². The molecule has 6 heteroatoms. The lowest BCUT2D eigenvalue weighted by atomic mass is 10.1. The van der Waals surface area contributed by atoms with Crippen molar-refractivity contribution in [3.63, 3.8) is 0 Å². The highest BCUT2D eigenvalue weighted by Crippen LogP contribution is 2.22. The summed E-state index contributed by atoms with van der Waals surface area (Å²) < 4.78 is 28.3. The molecule has 0 aliphatic heterocycles. The fourth-order valence-corrected chi connectivity index (χ4v) is 1.09. The maximum atomic E-state index is 12.0. The van der Waals surface area contributed by atoms with E-state index in [1.807, 2.05) is 0 Å². The molecule has 16 heavy (non-hydrogen) atoms. The zero-order valence-corrected chi connectivity index (χ0v) is 8.39. The smallest absolute Gasteiger partial charge is 0.387 e. The zero-order valence-electron chi connectivity index (χ0n) is 8.39. The molecule has 0 aliphatic rings. The van der Waals surface area contributed by atoms with Crippen LogP contribution in [0.25, 0.3) is 6.08 Å². The Balaban J connectivity index is 2.93. The Hall–Kier alpha value is -1.98. The lowest BCUT2D eigenvalue weighted by Gasteiger charge is -2.07. The summed E-state index contributed by atoms with van der Waals surface area (Å²) in [7, 11) is 0. The molecular formula is C10H9F2NO3. The fourth-order valence-electron chi connectivity index (χ4n) is 1.09. The summed E-state index contributed by atoms with van der Waals surface area (Å²) >= 11 is 0. The van der Waals surface area contributed by atoms with E-state index in [-0.39, 0.29) is 5.75 Å². The Labute approximate surface area is 90.3 Å². The molecular weight excluding hydrogens is 220 g/mol. The Kier molecular flexibility index (Phi) is 3.93. The van der Waals surface area contributed by atoms with E-state index >= 15 is 0 Å². The van der Waals surface area contributed by atoms with Crippen LogP contribution in [0.2, 0.25) is 0 Å². The Morgan fingerprint density at radius 1 is 1.50 bits per heavy atom. The van der Waals surface area contributed by atoms with E-state index in [9.17, 15) is 18.9 Å². The predicted octanol–water partition coefficient (Wildman–Crippen LogP) is 2.84. The standard InChI is InChI=1S/C10H9F2NO3/c1-7-2-3-8(4-5-13(14)15)6-9(7)16-10(11)12/h2-6,10H,1H3/b5-4+. The van der Waals surface area contributed by atoms with Crippen LogP contribution < -0.4 is 4.74 Å². The van der Waals surface area contributed by atoms with Crippen LogP contribution in [0.15, 0.2) is 24.4 Å². The van der Waals surface area contributed by atoms with E-state index in [0.717, 1.165) is 6.20 Å². The summed E-state index contributed by atoms with van der Waals surface area (Å²) in [6.45, 7) is -1.30. The summed E-state index contributed by atoms with van der Waals surface area (Å²) in [5.74, 6) is 0.0143. The molecule has 1 aromatic rings. The summed E-state index contributed by atoms with van der Waals surface area (Å²) in [4.78, 5) is 9.44. The molecule has 0 saturated heterocycles. The third-order valence-corrected chi connectivity index (χ3v) is 1.82. The first-order valence-corrected chi connectivity index (χ1v) is 4.36. The van der Waals surface area contributed by atoms with E-state index in [2.05, 4.69) is 4.74 Å². The van der Waals surface area contributed by atoms with E-state index < -0.39 is 11.5 Å². The van der Waals surface area contributed by atoms with Gasteiger partial charge in [-0.1, -0.05) is 12.1 Å². The summed E-state index contributed by atoms with van der Waals surface area (Å²) in [6.07, 6.45) is 1.94. The van der Waals surface area contributed by atoms with Gasteiger partial charge in [-0.25, -0.2) is 0 Å². The molecule has 0 unspecified atom stereocenters. The number of alkyl halides is 2. The molecule has 0 amide bonds. The van der Waals surface area contributed by atoms with Gasteiger partial charge in [0, 0.05) is 6.08 Å². The number of aryl methyl sites for hydroxylation is 1. The van der Waals surface area contributed by atoms with Crippen LogP contribution in [-0.4, -0.2) is 11.5 Å². The number of nitrogens with zero attached hydrogens (tertiary/aromatic N) is 1. The highest BCUT2D eigenvalue weighted by Gasteiger charge is 2.07. The van der Waals surface area contributed by atoms with Gasteiger partial charge in [0.1, 0.15) is 5.75 Å². The average molecular weight is 229 g/mol. The molecule has 0 heterocycles. The monoisotopic (exact) mass is 229 g/mol. The second-order valence-corrected chi connectivity index (χ2v) is 3.00. The van der Waals surface area contributed by atoms with Crippen molar-refractivity contribution in [2.24, 2.45) is 0 Å². The van der Waals surface area contributed by atoms with Crippen LogP contribution in [0.1, 0.15) is 11.1 Å². The second-order valence-electron chi connectivity index (χ2n) is 3.00. The first-order chi connectivity index (χ1) is 7.49. The number of benzene rings is 1. The van der Waals surface area contributed by atoms with Crippen molar-refractivity contribution in [2.75, 3.05) is 0 Å². The van der Waals surface area contributed by atoms with Crippen molar-refractivity contribution in [3.05, 3.63) is 45.6 Å². The Morgan fingerprint density at radius 2 is 2.19 bits per heavy atom. The minimum atomic E-state index is -2.91. The zero-order chi connectivity index (χ0) is 12.1. The largest absolute Gasteiger partial charge is 0.435 e. The highest BCUT2D eigenvalue weighted by atomic mass is 19.3. The van der Waals surface area contributed by atoms with Gasteiger partial charge in [0.2, 0.25) is 6.20 Å². The first-order valence-electron chi connectivity index (χ1n) is 4.36. The van der Waals surface area contributed by atoms with Gasteiger partial charge in [0.05, 0.1) is 4.92 Å².